The van der Waals surface area contributed by atoms with Gasteiger partial charge < -0.3 is 20.4 Å². The van der Waals surface area contributed by atoms with Gasteiger partial charge in [0.05, 0.1) is 17.8 Å². The smallest absolute Gasteiger partial charge is 0.254 e. The summed E-state index contributed by atoms with van der Waals surface area (Å²) in [6.45, 7) is 3.70. The second-order valence-corrected chi connectivity index (χ2v) is 9.55. The van der Waals surface area contributed by atoms with Crippen molar-refractivity contribution in [1.82, 2.24) is 30.2 Å². The second kappa shape index (κ2) is 10.5. The van der Waals surface area contributed by atoms with E-state index in [0.29, 0.717) is 31.7 Å². The first-order valence-electron chi connectivity index (χ1n) is 12.4. The van der Waals surface area contributed by atoms with Gasteiger partial charge in [-0.05, 0) is 44.9 Å². The number of carbonyl (C=O) groups excluding carboxylic acids is 3. The minimum atomic E-state index is -0.502. The third-order valence-electron chi connectivity index (χ3n) is 7.39. The summed E-state index contributed by atoms with van der Waals surface area (Å²) < 4.78 is 1.76. The van der Waals surface area contributed by atoms with Crippen LogP contribution in [0.2, 0.25) is 0 Å². The van der Waals surface area contributed by atoms with Crippen LogP contribution in [-0.2, 0) is 16.6 Å². The van der Waals surface area contributed by atoms with Gasteiger partial charge in [0.15, 0.2) is 0 Å². The van der Waals surface area contributed by atoms with Gasteiger partial charge in [0.2, 0.25) is 11.8 Å². The summed E-state index contributed by atoms with van der Waals surface area (Å²) in [5, 5.41) is 11.2. The van der Waals surface area contributed by atoms with Gasteiger partial charge in [0.1, 0.15) is 6.04 Å². The van der Waals surface area contributed by atoms with Crippen LogP contribution >= 0.6 is 0 Å². The van der Waals surface area contributed by atoms with E-state index in [4.69, 9.17) is 0 Å². The van der Waals surface area contributed by atoms with Crippen molar-refractivity contribution in [2.24, 2.45) is 13.0 Å². The van der Waals surface area contributed by atoms with Gasteiger partial charge in [-0.15, -0.1) is 0 Å². The molecule has 9 nitrogen and oxygen atoms in total. The van der Waals surface area contributed by atoms with Crippen molar-refractivity contribution in [3.05, 3.63) is 30.0 Å². The highest BCUT2D eigenvalue weighted by Gasteiger charge is 2.36. The molecule has 34 heavy (non-hydrogen) atoms. The maximum Gasteiger partial charge on any atom is 0.254 e. The Labute approximate surface area is 200 Å². The molecule has 2 fully saturated rings. The number of piperazine rings is 1. The van der Waals surface area contributed by atoms with Crippen LogP contribution < -0.4 is 10.6 Å². The summed E-state index contributed by atoms with van der Waals surface area (Å²) in [7, 11) is 3.60. The molecule has 1 aromatic carbocycles. The number of hydrogen-bond donors (Lipinski definition) is 2. The average molecular weight is 469 g/mol. The van der Waals surface area contributed by atoms with Crippen molar-refractivity contribution >= 4 is 28.6 Å². The number of likely N-dealkylation sites (N-methyl/N-ethyl adjacent to an activating group) is 1. The Morgan fingerprint density at radius 3 is 2.38 bits per heavy atom. The van der Waals surface area contributed by atoms with E-state index in [1.165, 1.54) is 6.42 Å². The van der Waals surface area contributed by atoms with E-state index in [1.807, 2.05) is 30.1 Å². The zero-order valence-electron chi connectivity index (χ0n) is 20.4. The summed E-state index contributed by atoms with van der Waals surface area (Å²) >= 11 is 0. The van der Waals surface area contributed by atoms with Crippen LogP contribution in [0.4, 0.5) is 0 Å². The minimum Gasteiger partial charge on any atom is -0.343 e. The molecule has 1 unspecified atom stereocenters. The second-order valence-electron chi connectivity index (χ2n) is 9.55. The number of nitrogens with one attached hydrogen (secondary N) is 2. The number of aryl methyl sites for hydroxylation is 1. The lowest BCUT2D eigenvalue weighted by atomic mass is 9.83. The number of nitrogens with zero attached hydrogens (tertiary/aromatic N) is 4. The first-order chi connectivity index (χ1) is 16.4. The Morgan fingerprint density at radius 1 is 1.03 bits per heavy atom. The lowest BCUT2D eigenvalue weighted by molar-refractivity contribution is -0.140. The number of rotatable bonds is 6. The molecule has 0 radical (unpaired) electrons. The van der Waals surface area contributed by atoms with Gasteiger partial charge in [0, 0.05) is 44.2 Å². The fraction of sp³-hybridized carbons (Fsp3) is 0.600. The van der Waals surface area contributed by atoms with E-state index in [2.05, 4.69) is 15.7 Å². The average Bonchev–Trinajstić information content (AvgIpc) is 3.26. The van der Waals surface area contributed by atoms with E-state index in [9.17, 15) is 14.4 Å². The molecule has 2 aliphatic rings. The van der Waals surface area contributed by atoms with Gasteiger partial charge in [-0.2, -0.15) is 5.10 Å². The number of benzene rings is 1. The first kappa shape index (κ1) is 24.2. The molecular formula is C25H36N6O3. The summed E-state index contributed by atoms with van der Waals surface area (Å²) in [4.78, 5) is 42.9. The Hall–Kier alpha value is -2.94. The topological polar surface area (TPSA) is 99.6 Å². The molecular weight excluding hydrogens is 432 g/mol. The van der Waals surface area contributed by atoms with Crippen LogP contribution in [0.3, 0.4) is 0 Å². The molecule has 1 saturated carbocycles. The third-order valence-corrected chi connectivity index (χ3v) is 7.39. The number of aromatic nitrogens is 2. The Morgan fingerprint density at radius 2 is 1.71 bits per heavy atom. The van der Waals surface area contributed by atoms with Crippen molar-refractivity contribution in [1.29, 1.82) is 0 Å². The molecule has 0 spiro atoms. The lowest BCUT2D eigenvalue weighted by Gasteiger charge is -2.39. The summed E-state index contributed by atoms with van der Waals surface area (Å²) in [6, 6.07) is 4.77. The number of fused-ring (bicyclic) bond motifs is 1. The van der Waals surface area contributed by atoms with Crippen molar-refractivity contribution in [2.45, 2.75) is 51.1 Å². The molecule has 1 aliphatic carbocycles. The molecule has 2 atom stereocenters. The van der Waals surface area contributed by atoms with E-state index in [-0.39, 0.29) is 29.7 Å². The number of carbonyl (C=O) groups is 3. The highest BCUT2D eigenvalue weighted by atomic mass is 16.2. The molecule has 1 aromatic heterocycles. The van der Waals surface area contributed by atoms with Crippen molar-refractivity contribution in [3.8, 4) is 0 Å². The molecule has 9 heteroatoms. The summed E-state index contributed by atoms with van der Waals surface area (Å²) in [5.41, 5.74) is 1.55. The van der Waals surface area contributed by atoms with Gasteiger partial charge in [0.25, 0.3) is 5.91 Å². The maximum absolute atomic E-state index is 13.5. The Bertz CT molecular complexity index is 1040. The predicted molar refractivity (Wildman–Crippen MR) is 130 cm³/mol. The van der Waals surface area contributed by atoms with Crippen LogP contribution in [0.1, 0.15) is 49.4 Å². The maximum atomic E-state index is 13.5. The predicted octanol–water partition coefficient (Wildman–Crippen LogP) is 1.53. The molecule has 3 amide bonds. The monoisotopic (exact) mass is 468 g/mol. The van der Waals surface area contributed by atoms with Gasteiger partial charge in [-0.25, -0.2) is 0 Å². The van der Waals surface area contributed by atoms with Crippen molar-refractivity contribution in [2.75, 3.05) is 33.2 Å². The Kier molecular flexibility index (Phi) is 7.50. The fourth-order valence-corrected chi connectivity index (χ4v) is 5.04. The largest absolute Gasteiger partial charge is 0.343 e. The molecule has 2 heterocycles. The van der Waals surface area contributed by atoms with Gasteiger partial charge >= 0.3 is 0 Å². The molecule has 1 saturated heterocycles. The molecule has 1 aliphatic heterocycles. The van der Waals surface area contributed by atoms with Crippen LogP contribution in [0.15, 0.2) is 24.4 Å². The first-order valence-corrected chi connectivity index (χ1v) is 12.4. The normalized spacial score (nSPS) is 19.1. The molecule has 0 bridgehead atoms. The van der Waals surface area contributed by atoms with Crippen molar-refractivity contribution in [3.63, 3.8) is 0 Å². The minimum absolute atomic E-state index is 0.0213. The summed E-state index contributed by atoms with van der Waals surface area (Å²) in [6.07, 6.45) is 7.07. The van der Waals surface area contributed by atoms with Crippen LogP contribution in [0, 0.1) is 5.92 Å². The molecule has 2 aromatic rings. The highest BCUT2D eigenvalue weighted by molar-refractivity contribution is 5.98. The number of hydrogen-bond acceptors (Lipinski definition) is 5. The van der Waals surface area contributed by atoms with E-state index < -0.39 is 6.04 Å². The quantitative estimate of drug-likeness (QED) is 0.670. The fourth-order valence-electron chi connectivity index (χ4n) is 5.04. The Balaban J connectivity index is 1.41. The van der Waals surface area contributed by atoms with Gasteiger partial charge in [-0.3, -0.25) is 19.1 Å². The SMILES string of the molecule is CN[C@@H](C)C(=O)NC(C(=O)N1CCN(C(=O)c2ccc3cnn(C)c3c2)CC1)C1CCCCC1. The molecule has 2 N–H and O–H groups in total. The molecule has 4 rings (SSSR count). The van der Waals surface area contributed by atoms with E-state index >= 15 is 0 Å². The zero-order chi connectivity index (χ0) is 24.2. The van der Waals surface area contributed by atoms with Crippen LogP contribution in [0.5, 0.6) is 0 Å². The third kappa shape index (κ3) is 5.09. The van der Waals surface area contributed by atoms with E-state index in [0.717, 1.165) is 36.6 Å². The lowest BCUT2D eigenvalue weighted by Crippen LogP contribution is -2.59. The van der Waals surface area contributed by atoms with Gasteiger partial charge in [-0.1, -0.05) is 25.3 Å². The standard InChI is InChI=1S/C25H36N6O3/c1-17(26-2)23(32)28-22(18-7-5-4-6-8-18)25(34)31-13-11-30(12-14-31)24(33)19-9-10-20-16-27-29(3)21(20)15-19/h9-10,15-18,22,26H,4-8,11-14H2,1-3H3,(H,28,32)/t17-,22?/m0/s1. The highest BCUT2D eigenvalue weighted by Crippen LogP contribution is 2.28. The van der Waals surface area contributed by atoms with E-state index in [1.54, 1.807) is 29.7 Å². The number of amides is 3. The van der Waals surface area contributed by atoms with Crippen LogP contribution in [0.25, 0.3) is 10.9 Å². The zero-order valence-corrected chi connectivity index (χ0v) is 20.4. The summed E-state index contributed by atoms with van der Waals surface area (Å²) in [5.74, 6) is -0.0348. The van der Waals surface area contributed by atoms with Crippen molar-refractivity contribution < 1.29 is 14.4 Å². The molecule has 184 valence electrons. The van der Waals surface area contributed by atoms with Crippen LogP contribution in [-0.4, -0.2) is 82.6 Å².